The zero-order valence-corrected chi connectivity index (χ0v) is 11.2. The first-order valence-corrected chi connectivity index (χ1v) is 6.63. The van der Waals surface area contributed by atoms with Gasteiger partial charge in [0.1, 0.15) is 5.82 Å². The van der Waals surface area contributed by atoms with E-state index in [-0.39, 0.29) is 11.8 Å². The molecule has 0 saturated carbocycles. The Morgan fingerprint density at radius 2 is 2.44 bits per heavy atom. The molecule has 2 unspecified atom stereocenters. The maximum absolute atomic E-state index is 12.0. The van der Waals surface area contributed by atoms with Gasteiger partial charge in [0.05, 0.1) is 12.2 Å². The van der Waals surface area contributed by atoms with Crippen molar-refractivity contribution in [2.24, 2.45) is 5.92 Å². The van der Waals surface area contributed by atoms with Gasteiger partial charge in [0.15, 0.2) is 0 Å². The number of hydrogen-bond acceptors (Lipinski definition) is 2. The van der Waals surface area contributed by atoms with Crippen molar-refractivity contribution in [1.82, 2.24) is 9.78 Å². The van der Waals surface area contributed by atoms with E-state index in [0.29, 0.717) is 12.5 Å². The van der Waals surface area contributed by atoms with Gasteiger partial charge in [0.2, 0.25) is 5.91 Å². The summed E-state index contributed by atoms with van der Waals surface area (Å²) < 4.78 is 1.97. The molecule has 1 aliphatic rings. The number of amides is 1. The van der Waals surface area contributed by atoms with E-state index < -0.39 is 0 Å². The average Bonchev–Trinajstić information content (AvgIpc) is 2.94. The predicted molar refractivity (Wildman–Crippen MR) is 72.5 cm³/mol. The highest BCUT2D eigenvalue weighted by Crippen LogP contribution is 2.28. The Labute approximate surface area is 108 Å². The zero-order valence-electron chi connectivity index (χ0n) is 11.2. The third-order valence-electron chi connectivity index (χ3n) is 3.54. The van der Waals surface area contributed by atoms with Crippen LogP contribution in [0.25, 0.3) is 0 Å². The molecule has 1 aromatic rings. The van der Waals surface area contributed by atoms with Gasteiger partial charge in [0, 0.05) is 24.9 Å². The summed E-state index contributed by atoms with van der Waals surface area (Å²) in [4.78, 5) is 13.9. The molecule has 0 aliphatic carbocycles. The number of carbonyl (C=O) groups excluding carboxylic acids is 1. The number of rotatable bonds is 5. The highest BCUT2D eigenvalue weighted by Gasteiger charge is 2.31. The monoisotopic (exact) mass is 247 g/mol. The fourth-order valence-electron chi connectivity index (χ4n) is 2.52. The van der Waals surface area contributed by atoms with Crippen molar-refractivity contribution in [3.8, 4) is 0 Å². The Balaban J connectivity index is 2.21. The number of aromatic nitrogens is 2. The average molecular weight is 247 g/mol. The van der Waals surface area contributed by atoms with Crippen molar-refractivity contribution in [2.45, 2.75) is 39.2 Å². The Morgan fingerprint density at radius 1 is 1.67 bits per heavy atom. The van der Waals surface area contributed by atoms with Gasteiger partial charge in [-0.15, -0.1) is 6.58 Å². The van der Waals surface area contributed by atoms with Crippen LogP contribution in [0.5, 0.6) is 0 Å². The molecule has 1 aromatic heterocycles. The first-order valence-electron chi connectivity index (χ1n) is 6.63. The highest BCUT2D eigenvalue weighted by atomic mass is 16.2. The molecule has 0 bridgehead atoms. The first-order chi connectivity index (χ1) is 8.67. The minimum atomic E-state index is 0.172. The number of hydrogen-bond donors (Lipinski definition) is 0. The molecule has 2 rings (SSSR count). The van der Waals surface area contributed by atoms with Crippen LogP contribution in [-0.2, 0) is 4.79 Å². The van der Waals surface area contributed by atoms with Gasteiger partial charge in [-0.25, -0.2) is 4.68 Å². The molecule has 2 atom stereocenters. The van der Waals surface area contributed by atoms with E-state index in [1.54, 1.807) is 6.20 Å². The Hall–Kier alpha value is -1.58. The van der Waals surface area contributed by atoms with Gasteiger partial charge in [0.25, 0.3) is 0 Å². The van der Waals surface area contributed by atoms with Crippen molar-refractivity contribution in [1.29, 1.82) is 0 Å². The summed E-state index contributed by atoms with van der Waals surface area (Å²) in [7, 11) is 0. The minimum Gasteiger partial charge on any atom is -0.296 e. The van der Waals surface area contributed by atoms with Crippen molar-refractivity contribution < 1.29 is 4.79 Å². The van der Waals surface area contributed by atoms with Gasteiger partial charge in [-0.3, -0.25) is 9.69 Å². The van der Waals surface area contributed by atoms with Crippen LogP contribution in [0.15, 0.2) is 24.9 Å². The first kappa shape index (κ1) is 12.9. The fourth-order valence-corrected chi connectivity index (χ4v) is 2.52. The standard InChI is InChI=1S/C14H21N3O/c1-4-6-11(3)17-13(7-8-15-17)16-10-12(5-2)9-14(16)18/h5,7-8,11-12H,2,4,6,9-10H2,1,3H3. The summed E-state index contributed by atoms with van der Waals surface area (Å²) in [5.41, 5.74) is 0. The summed E-state index contributed by atoms with van der Waals surface area (Å²) in [6.45, 7) is 8.81. The smallest absolute Gasteiger partial charge is 0.228 e. The zero-order chi connectivity index (χ0) is 13.1. The van der Waals surface area contributed by atoms with E-state index in [0.717, 1.165) is 25.2 Å². The molecule has 18 heavy (non-hydrogen) atoms. The minimum absolute atomic E-state index is 0.172. The molecule has 0 N–H and O–H groups in total. The van der Waals surface area contributed by atoms with E-state index in [4.69, 9.17) is 0 Å². The van der Waals surface area contributed by atoms with Gasteiger partial charge in [-0.2, -0.15) is 5.10 Å². The van der Waals surface area contributed by atoms with Crippen LogP contribution in [0.1, 0.15) is 39.2 Å². The second-order valence-corrected chi connectivity index (χ2v) is 4.98. The Kier molecular flexibility index (Phi) is 3.84. The second-order valence-electron chi connectivity index (χ2n) is 4.98. The molecule has 2 heterocycles. The highest BCUT2D eigenvalue weighted by molar-refractivity contribution is 5.95. The molecular formula is C14H21N3O. The Bertz CT molecular complexity index is 438. The third kappa shape index (κ3) is 2.33. The van der Waals surface area contributed by atoms with E-state index in [9.17, 15) is 4.79 Å². The van der Waals surface area contributed by atoms with Gasteiger partial charge in [-0.1, -0.05) is 19.4 Å². The summed E-state index contributed by atoms with van der Waals surface area (Å²) in [5, 5.41) is 4.36. The Morgan fingerprint density at radius 3 is 3.06 bits per heavy atom. The summed E-state index contributed by atoms with van der Waals surface area (Å²) in [5.74, 6) is 1.36. The molecule has 4 nitrogen and oxygen atoms in total. The number of anilines is 1. The van der Waals surface area contributed by atoms with Gasteiger partial charge in [-0.05, 0) is 13.3 Å². The number of nitrogens with zero attached hydrogens (tertiary/aromatic N) is 3. The molecule has 0 radical (unpaired) electrons. The van der Waals surface area contributed by atoms with Crippen molar-refractivity contribution in [2.75, 3.05) is 11.4 Å². The van der Waals surface area contributed by atoms with Crippen molar-refractivity contribution in [3.05, 3.63) is 24.9 Å². The van der Waals surface area contributed by atoms with Crippen molar-refractivity contribution in [3.63, 3.8) is 0 Å². The van der Waals surface area contributed by atoms with Crippen LogP contribution >= 0.6 is 0 Å². The van der Waals surface area contributed by atoms with Crippen LogP contribution in [0.2, 0.25) is 0 Å². The van der Waals surface area contributed by atoms with Gasteiger partial charge >= 0.3 is 0 Å². The van der Waals surface area contributed by atoms with Crippen molar-refractivity contribution >= 4 is 11.7 Å². The second kappa shape index (κ2) is 5.38. The molecule has 1 amide bonds. The molecule has 1 saturated heterocycles. The van der Waals surface area contributed by atoms with E-state index in [1.165, 1.54) is 0 Å². The van der Waals surface area contributed by atoms with Crippen LogP contribution < -0.4 is 4.90 Å². The SMILES string of the molecule is C=CC1CC(=O)N(c2ccnn2C(C)CCC)C1. The lowest BCUT2D eigenvalue weighted by molar-refractivity contribution is -0.117. The normalized spacial score (nSPS) is 21.3. The predicted octanol–water partition coefficient (Wildman–Crippen LogP) is 2.78. The largest absolute Gasteiger partial charge is 0.296 e. The lowest BCUT2D eigenvalue weighted by Gasteiger charge is -2.21. The van der Waals surface area contributed by atoms with E-state index in [1.807, 2.05) is 21.7 Å². The maximum atomic E-state index is 12.0. The topological polar surface area (TPSA) is 38.1 Å². The lowest BCUT2D eigenvalue weighted by atomic mass is 10.1. The summed E-state index contributed by atoms with van der Waals surface area (Å²) in [6, 6.07) is 2.26. The quantitative estimate of drug-likeness (QED) is 0.750. The third-order valence-corrected chi connectivity index (χ3v) is 3.54. The molecule has 1 fully saturated rings. The van der Waals surface area contributed by atoms with Crippen LogP contribution in [-0.4, -0.2) is 22.2 Å². The number of carbonyl (C=O) groups is 1. The summed E-state index contributed by atoms with van der Waals surface area (Å²) >= 11 is 0. The van der Waals surface area contributed by atoms with Crippen LogP contribution in [0.3, 0.4) is 0 Å². The molecule has 98 valence electrons. The van der Waals surface area contributed by atoms with Crippen LogP contribution in [0.4, 0.5) is 5.82 Å². The maximum Gasteiger partial charge on any atom is 0.228 e. The van der Waals surface area contributed by atoms with Crippen LogP contribution in [0, 0.1) is 5.92 Å². The molecular weight excluding hydrogens is 226 g/mol. The molecule has 0 spiro atoms. The van der Waals surface area contributed by atoms with E-state index >= 15 is 0 Å². The summed E-state index contributed by atoms with van der Waals surface area (Å²) in [6.07, 6.45) is 6.40. The molecule has 1 aliphatic heterocycles. The molecule has 0 aromatic carbocycles. The fraction of sp³-hybridized carbons (Fsp3) is 0.571. The van der Waals surface area contributed by atoms with Gasteiger partial charge < -0.3 is 0 Å². The molecule has 4 heteroatoms. The van der Waals surface area contributed by atoms with E-state index in [2.05, 4.69) is 25.5 Å². The lowest BCUT2D eigenvalue weighted by Crippen LogP contribution is -2.28.